The Morgan fingerprint density at radius 1 is 1.19 bits per heavy atom. The number of nitrogens with one attached hydrogen (secondary N) is 1. The molecule has 84 valence electrons. The fourth-order valence-corrected chi connectivity index (χ4v) is 2.03. The predicted octanol–water partition coefficient (Wildman–Crippen LogP) is 3.34. The van der Waals surface area contributed by atoms with Gasteiger partial charge in [-0.2, -0.15) is 0 Å². The predicted molar refractivity (Wildman–Crippen MR) is 65.5 cm³/mol. The zero-order chi connectivity index (χ0) is 11.9. The van der Waals surface area contributed by atoms with Gasteiger partial charge < -0.3 is 5.32 Å². The lowest BCUT2D eigenvalue weighted by atomic mass is 10.0. The van der Waals surface area contributed by atoms with Crippen LogP contribution in [0.15, 0.2) is 12.1 Å². The second-order valence-corrected chi connectivity index (χ2v) is 4.07. The first-order valence-corrected chi connectivity index (χ1v) is 5.29. The van der Waals surface area contributed by atoms with Crippen molar-refractivity contribution in [3.63, 3.8) is 0 Å². The average molecular weight is 218 g/mol. The van der Waals surface area contributed by atoms with Crippen LogP contribution in [0.25, 0.3) is 10.9 Å². The van der Waals surface area contributed by atoms with E-state index in [1.54, 1.807) is 0 Å². The van der Waals surface area contributed by atoms with Gasteiger partial charge in [-0.3, -0.25) is 4.98 Å². The van der Waals surface area contributed by atoms with Crippen LogP contribution in [0.3, 0.4) is 0 Å². The van der Waals surface area contributed by atoms with Crippen molar-refractivity contribution in [1.29, 1.82) is 0 Å². The summed E-state index contributed by atoms with van der Waals surface area (Å²) in [6.45, 7) is 5.85. The molecule has 0 spiro atoms. The number of pyridine rings is 1. The first-order valence-electron chi connectivity index (χ1n) is 5.29. The fourth-order valence-electron chi connectivity index (χ4n) is 2.03. The highest BCUT2D eigenvalue weighted by Crippen LogP contribution is 2.29. The number of fused-ring (bicyclic) bond motifs is 1. The number of benzene rings is 1. The van der Waals surface area contributed by atoms with E-state index in [1.165, 1.54) is 12.1 Å². The molecule has 1 N–H and O–H groups in total. The number of hydrogen-bond acceptors (Lipinski definition) is 2. The van der Waals surface area contributed by atoms with E-state index in [0.29, 0.717) is 0 Å². The fraction of sp³-hybridized carbons (Fsp3) is 0.308. The molecule has 0 amide bonds. The van der Waals surface area contributed by atoms with E-state index < -0.39 is 0 Å². The molecule has 0 unspecified atom stereocenters. The SMILES string of the molecule is CNc1c(C)c(C)nc2c(C)cc(F)cc12. The van der Waals surface area contributed by atoms with Gasteiger partial charge in [-0.15, -0.1) is 0 Å². The number of halogens is 1. The van der Waals surface area contributed by atoms with Gasteiger partial charge in [0, 0.05) is 23.8 Å². The maximum Gasteiger partial charge on any atom is 0.124 e. The van der Waals surface area contributed by atoms with E-state index in [4.69, 9.17) is 0 Å². The molecule has 2 rings (SSSR count). The van der Waals surface area contributed by atoms with Crippen molar-refractivity contribution < 1.29 is 4.39 Å². The van der Waals surface area contributed by atoms with E-state index in [2.05, 4.69) is 10.3 Å². The zero-order valence-electron chi connectivity index (χ0n) is 9.98. The largest absolute Gasteiger partial charge is 0.387 e. The molecule has 3 heteroatoms. The van der Waals surface area contributed by atoms with Crippen LogP contribution in [0.1, 0.15) is 16.8 Å². The lowest BCUT2D eigenvalue weighted by molar-refractivity contribution is 0.628. The minimum absolute atomic E-state index is 0.216. The summed E-state index contributed by atoms with van der Waals surface area (Å²) in [5.74, 6) is -0.216. The minimum Gasteiger partial charge on any atom is -0.387 e. The molecule has 1 aromatic carbocycles. The summed E-state index contributed by atoms with van der Waals surface area (Å²) in [6, 6.07) is 3.05. The van der Waals surface area contributed by atoms with Crippen LogP contribution in [0, 0.1) is 26.6 Å². The molecule has 16 heavy (non-hydrogen) atoms. The molecular weight excluding hydrogens is 203 g/mol. The maximum atomic E-state index is 13.4. The number of anilines is 1. The van der Waals surface area contributed by atoms with Crippen molar-refractivity contribution in [2.24, 2.45) is 0 Å². The molecule has 0 saturated carbocycles. The van der Waals surface area contributed by atoms with Crippen molar-refractivity contribution in [2.75, 3.05) is 12.4 Å². The standard InChI is InChI=1S/C13H15FN2/c1-7-5-10(14)6-11-12(7)16-9(3)8(2)13(11)15-4/h5-6H,1-4H3,(H,15,16). The Kier molecular flexibility index (Phi) is 2.54. The van der Waals surface area contributed by atoms with Crippen LogP contribution in [0.4, 0.5) is 10.1 Å². The van der Waals surface area contributed by atoms with Crippen molar-refractivity contribution in [1.82, 2.24) is 4.98 Å². The van der Waals surface area contributed by atoms with Gasteiger partial charge in [0.2, 0.25) is 0 Å². The van der Waals surface area contributed by atoms with E-state index in [9.17, 15) is 4.39 Å². The second kappa shape index (κ2) is 3.74. The zero-order valence-corrected chi connectivity index (χ0v) is 9.98. The lowest BCUT2D eigenvalue weighted by Gasteiger charge is -2.13. The topological polar surface area (TPSA) is 24.9 Å². The molecular formula is C13H15FN2. The van der Waals surface area contributed by atoms with Crippen molar-refractivity contribution in [3.8, 4) is 0 Å². The summed E-state index contributed by atoms with van der Waals surface area (Å²) in [7, 11) is 1.85. The quantitative estimate of drug-likeness (QED) is 0.794. The first-order chi connectivity index (χ1) is 7.54. The summed E-state index contributed by atoms with van der Waals surface area (Å²) < 4.78 is 13.4. The molecule has 0 aliphatic heterocycles. The van der Waals surface area contributed by atoms with Crippen LogP contribution in [-0.4, -0.2) is 12.0 Å². The Hall–Kier alpha value is -1.64. The van der Waals surface area contributed by atoms with Gasteiger partial charge in [0.05, 0.1) is 5.52 Å². The first kappa shape index (κ1) is 10.9. The lowest BCUT2D eigenvalue weighted by Crippen LogP contribution is -2.00. The third-order valence-electron chi connectivity index (χ3n) is 2.98. The summed E-state index contributed by atoms with van der Waals surface area (Å²) in [6.07, 6.45) is 0. The molecule has 0 saturated heterocycles. The van der Waals surface area contributed by atoms with Crippen LogP contribution < -0.4 is 5.32 Å². The molecule has 1 heterocycles. The third-order valence-corrected chi connectivity index (χ3v) is 2.98. The van der Waals surface area contributed by atoms with Gasteiger partial charge in [-0.05, 0) is 44.0 Å². The van der Waals surface area contributed by atoms with Crippen molar-refractivity contribution in [2.45, 2.75) is 20.8 Å². The monoisotopic (exact) mass is 218 g/mol. The van der Waals surface area contributed by atoms with Crippen LogP contribution in [-0.2, 0) is 0 Å². The van der Waals surface area contributed by atoms with Gasteiger partial charge in [0.15, 0.2) is 0 Å². The highest BCUT2D eigenvalue weighted by molar-refractivity contribution is 5.95. The van der Waals surface area contributed by atoms with Crippen molar-refractivity contribution >= 4 is 16.6 Å². The number of aromatic nitrogens is 1. The minimum atomic E-state index is -0.216. The van der Waals surface area contributed by atoms with E-state index in [1.807, 2.05) is 27.8 Å². The summed E-state index contributed by atoms with van der Waals surface area (Å²) in [4.78, 5) is 4.52. The maximum absolute atomic E-state index is 13.4. The summed E-state index contributed by atoms with van der Waals surface area (Å²) in [5, 5.41) is 3.98. The smallest absolute Gasteiger partial charge is 0.124 e. The molecule has 0 bridgehead atoms. The van der Waals surface area contributed by atoms with Gasteiger partial charge in [0.1, 0.15) is 5.82 Å². The van der Waals surface area contributed by atoms with E-state index in [0.717, 1.165) is 33.4 Å². The van der Waals surface area contributed by atoms with E-state index in [-0.39, 0.29) is 5.82 Å². The molecule has 0 fully saturated rings. The Bertz CT molecular complexity index is 562. The molecule has 2 nitrogen and oxygen atoms in total. The number of aryl methyl sites for hydroxylation is 2. The van der Waals surface area contributed by atoms with Crippen LogP contribution in [0.2, 0.25) is 0 Å². The van der Waals surface area contributed by atoms with Crippen molar-refractivity contribution in [3.05, 3.63) is 34.8 Å². The second-order valence-electron chi connectivity index (χ2n) is 4.07. The highest BCUT2D eigenvalue weighted by atomic mass is 19.1. The summed E-state index contributed by atoms with van der Waals surface area (Å²) >= 11 is 0. The number of rotatable bonds is 1. The average Bonchev–Trinajstić information content (AvgIpc) is 2.22. The van der Waals surface area contributed by atoms with Crippen LogP contribution >= 0.6 is 0 Å². The van der Waals surface area contributed by atoms with E-state index >= 15 is 0 Å². The molecule has 0 radical (unpaired) electrons. The number of hydrogen-bond donors (Lipinski definition) is 1. The molecule has 0 aliphatic rings. The van der Waals surface area contributed by atoms with Crippen LogP contribution in [0.5, 0.6) is 0 Å². The molecule has 2 aromatic rings. The molecule has 1 aromatic heterocycles. The number of nitrogens with zero attached hydrogens (tertiary/aromatic N) is 1. The summed E-state index contributed by atoms with van der Waals surface area (Å²) in [5.41, 5.74) is 4.75. The molecule has 0 aliphatic carbocycles. The Labute approximate surface area is 94.5 Å². The Balaban J connectivity index is 2.96. The van der Waals surface area contributed by atoms with Gasteiger partial charge in [-0.1, -0.05) is 0 Å². The van der Waals surface area contributed by atoms with Gasteiger partial charge in [-0.25, -0.2) is 4.39 Å². The third kappa shape index (κ3) is 1.52. The van der Waals surface area contributed by atoms with Gasteiger partial charge >= 0.3 is 0 Å². The van der Waals surface area contributed by atoms with Gasteiger partial charge in [0.25, 0.3) is 0 Å². The normalized spacial score (nSPS) is 10.8. The molecule has 0 atom stereocenters. The Morgan fingerprint density at radius 2 is 1.88 bits per heavy atom. The highest BCUT2D eigenvalue weighted by Gasteiger charge is 2.10. The Morgan fingerprint density at radius 3 is 2.50 bits per heavy atom.